The van der Waals surface area contributed by atoms with Crippen LogP contribution in [0.1, 0.15) is 37.6 Å². The molecule has 0 aliphatic heterocycles. The maximum Gasteiger partial charge on any atom is 0.338 e. The molecule has 26 heavy (non-hydrogen) atoms. The van der Waals surface area contributed by atoms with Crippen LogP contribution < -0.4 is 10.0 Å². The first kappa shape index (κ1) is 21.6. The smallest absolute Gasteiger partial charge is 0.338 e. The van der Waals surface area contributed by atoms with E-state index >= 15 is 0 Å². The zero-order chi connectivity index (χ0) is 19.7. The molecule has 142 valence electrons. The highest BCUT2D eigenvalue weighted by Crippen LogP contribution is 2.11. The lowest BCUT2D eigenvalue weighted by Gasteiger charge is -2.17. The fourth-order valence-corrected chi connectivity index (χ4v) is 2.80. The predicted octanol–water partition coefficient (Wildman–Crippen LogP) is 1.20. The second-order valence-corrected chi connectivity index (χ2v) is 7.77. The largest absolute Gasteiger partial charge is 0.452 e. The van der Waals surface area contributed by atoms with Gasteiger partial charge in [-0.25, -0.2) is 17.9 Å². The average Bonchev–Trinajstić information content (AvgIpc) is 2.59. The van der Waals surface area contributed by atoms with Gasteiger partial charge in [0.25, 0.3) is 5.91 Å². The Morgan fingerprint density at radius 3 is 2.35 bits per heavy atom. The number of rotatable bonds is 9. The number of benzene rings is 1. The molecule has 9 heteroatoms. The summed E-state index contributed by atoms with van der Waals surface area (Å²) >= 11 is 0. The van der Waals surface area contributed by atoms with E-state index in [0.717, 1.165) is 0 Å². The van der Waals surface area contributed by atoms with Crippen molar-refractivity contribution in [2.75, 3.05) is 13.2 Å². The Balaban J connectivity index is 2.61. The Kier molecular flexibility index (Phi) is 8.22. The molecule has 1 atom stereocenters. The van der Waals surface area contributed by atoms with E-state index in [1.807, 2.05) is 26.8 Å². The van der Waals surface area contributed by atoms with Gasteiger partial charge in [0.15, 0.2) is 6.61 Å². The fourth-order valence-electron chi connectivity index (χ4n) is 1.77. The maximum atomic E-state index is 12.0. The van der Waals surface area contributed by atoms with Gasteiger partial charge < -0.3 is 10.1 Å². The summed E-state index contributed by atoms with van der Waals surface area (Å²) in [6.07, 6.45) is 0.0567. The summed E-state index contributed by atoms with van der Waals surface area (Å²) in [6.45, 7) is 5.37. The van der Waals surface area contributed by atoms with Crippen LogP contribution >= 0.6 is 0 Å². The van der Waals surface area contributed by atoms with Gasteiger partial charge in [-0.2, -0.15) is 5.26 Å². The molecule has 1 amide bonds. The van der Waals surface area contributed by atoms with Crippen LogP contribution in [-0.4, -0.2) is 39.5 Å². The number of carbonyl (C=O) groups is 2. The number of nitrogens with zero attached hydrogens (tertiary/aromatic N) is 1. The van der Waals surface area contributed by atoms with Crippen LogP contribution in [0.4, 0.5) is 0 Å². The third-order valence-corrected chi connectivity index (χ3v) is 5.13. The third kappa shape index (κ3) is 6.82. The molecular formula is C17H23N3O5S. The van der Waals surface area contributed by atoms with Crippen LogP contribution in [0.15, 0.2) is 29.2 Å². The molecular weight excluding hydrogens is 358 g/mol. The van der Waals surface area contributed by atoms with Crippen LogP contribution in [0.25, 0.3) is 0 Å². The van der Waals surface area contributed by atoms with Gasteiger partial charge in [-0.1, -0.05) is 13.8 Å². The molecule has 0 saturated carbocycles. The summed E-state index contributed by atoms with van der Waals surface area (Å²) < 4.78 is 31.1. The van der Waals surface area contributed by atoms with Crippen molar-refractivity contribution < 1.29 is 22.7 Å². The molecule has 0 fully saturated rings. The Morgan fingerprint density at radius 2 is 1.81 bits per heavy atom. The fraction of sp³-hybridized carbons (Fsp3) is 0.471. The van der Waals surface area contributed by atoms with Crippen LogP contribution in [0.2, 0.25) is 0 Å². The molecule has 0 aliphatic rings. The SMILES string of the molecule is CC(C)[C@H](C)NC(=O)COC(=O)c1ccc(S(=O)(=O)NCCC#N)cc1. The first-order valence-electron chi connectivity index (χ1n) is 8.10. The highest BCUT2D eigenvalue weighted by atomic mass is 32.2. The zero-order valence-corrected chi connectivity index (χ0v) is 15.8. The predicted molar refractivity (Wildman–Crippen MR) is 94.6 cm³/mol. The van der Waals surface area contributed by atoms with Gasteiger partial charge in [-0.3, -0.25) is 4.79 Å². The molecule has 0 aliphatic carbocycles. The first-order chi connectivity index (χ1) is 12.2. The van der Waals surface area contributed by atoms with Gasteiger partial charge in [-0.15, -0.1) is 0 Å². The molecule has 2 N–H and O–H groups in total. The number of ether oxygens (including phenoxy) is 1. The summed E-state index contributed by atoms with van der Waals surface area (Å²) in [4.78, 5) is 23.6. The third-order valence-electron chi connectivity index (χ3n) is 3.65. The monoisotopic (exact) mass is 381 g/mol. The van der Waals surface area contributed by atoms with Gasteiger partial charge in [-0.05, 0) is 37.1 Å². The van der Waals surface area contributed by atoms with E-state index in [1.54, 1.807) is 0 Å². The van der Waals surface area contributed by atoms with Gasteiger partial charge in [0.2, 0.25) is 10.0 Å². The maximum absolute atomic E-state index is 12.0. The lowest BCUT2D eigenvalue weighted by atomic mass is 10.1. The van der Waals surface area contributed by atoms with Crippen LogP contribution in [-0.2, 0) is 19.6 Å². The van der Waals surface area contributed by atoms with Gasteiger partial charge >= 0.3 is 5.97 Å². The molecule has 8 nitrogen and oxygen atoms in total. The summed E-state index contributed by atoms with van der Waals surface area (Å²) in [5, 5.41) is 11.1. The Labute approximate surface area is 153 Å². The summed E-state index contributed by atoms with van der Waals surface area (Å²) in [7, 11) is -3.74. The number of sulfonamides is 1. The minimum absolute atomic E-state index is 0.00649. The lowest BCUT2D eigenvalue weighted by molar-refractivity contribution is -0.125. The quantitative estimate of drug-likeness (QED) is 0.489. The normalized spacial score (nSPS) is 12.3. The van der Waals surface area contributed by atoms with E-state index in [0.29, 0.717) is 0 Å². The van der Waals surface area contributed by atoms with E-state index in [2.05, 4.69) is 10.0 Å². The highest BCUT2D eigenvalue weighted by molar-refractivity contribution is 7.89. The molecule has 0 unspecified atom stereocenters. The molecule has 0 aromatic heterocycles. The molecule has 0 saturated heterocycles. The summed E-state index contributed by atoms with van der Waals surface area (Å²) in [5.74, 6) is -0.870. The number of esters is 1. The van der Waals surface area contributed by atoms with Crippen molar-refractivity contribution >= 4 is 21.9 Å². The molecule has 1 aromatic carbocycles. The Morgan fingerprint density at radius 1 is 1.19 bits per heavy atom. The number of hydrogen-bond donors (Lipinski definition) is 2. The van der Waals surface area contributed by atoms with Crippen molar-refractivity contribution in [2.45, 2.75) is 38.1 Å². The standard InChI is InChI=1S/C17H23N3O5S/c1-12(2)13(3)20-16(21)11-25-17(22)14-5-7-15(8-6-14)26(23,24)19-10-4-9-18/h5-8,12-13,19H,4,10-11H2,1-3H3,(H,20,21)/t13-/m0/s1. The summed E-state index contributed by atoms with van der Waals surface area (Å²) in [6, 6.07) is 6.91. The van der Waals surface area contributed by atoms with E-state index in [-0.39, 0.29) is 35.4 Å². The van der Waals surface area contributed by atoms with Crippen molar-refractivity contribution in [3.8, 4) is 6.07 Å². The topological polar surface area (TPSA) is 125 Å². The molecule has 1 rings (SSSR count). The molecule has 0 heterocycles. The number of carbonyl (C=O) groups excluding carboxylic acids is 2. The van der Waals surface area contributed by atoms with Crippen molar-refractivity contribution in [3.05, 3.63) is 29.8 Å². The minimum atomic E-state index is -3.74. The zero-order valence-electron chi connectivity index (χ0n) is 15.0. The first-order valence-corrected chi connectivity index (χ1v) is 9.59. The second kappa shape index (κ2) is 9.89. The average molecular weight is 381 g/mol. The number of amides is 1. The van der Waals surface area contributed by atoms with Gasteiger partial charge in [0.1, 0.15) is 0 Å². The molecule has 0 radical (unpaired) electrons. The van der Waals surface area contributed by atoms with Gasteiger partial charge in [0.05, 0.1) is 16.5 Å². The molecule has 1 aromatic rings. The Hall–Kier alpha value is -2.44. The molecule has 0 spiro atoms. The van der Waals surface area contributed by atoms with Crippen molar-refractivity contribution in [1.29, 1.82) is 5.26 Å². The lowest BCUT2D eigenvalue weighted by Crippen LogP contribution is -2.38. The van der Waals surface area contributed by atoms with E-state index in [1.165, 1.54) is 24.3 Å². The number of nitrogens with one attached hydrogen (secondary N) is 2. The highest BCUT2D eigenvalue weighted by Gasteiger charge is 2.16. The van der Waals surface area contributed by atoms with Crippen molar-refractivity contribution in [2.24, 2.45) is 5.92 Å². The second-order valence-electron chi connectivity index (χ2n) is 6.01. The van der Waals surface area contributed by atoms with Crippen LogP contribution in [0.3, 0.4) is 0 Å². The summed E-state index contributed by atoms with van der Waals surface area (Å²) in [5.41, 5.74) is 0.130. The van der Waals surface area contributed by atoms with Crippen LogP contribution in [0, 0.1) is 17.2 Å². The minimum Gasteiger partial charge on any atom is -0.452 e. The van der Waals surface area contributed by atoms with Crippen molar-refractivity contribution in [3.63, 3.8) is 0 Å². The number of hydrogen-bond acceptors (Lipinski definition) is 6. The van der Waals surface area contributed by atoms with Gasteiger partial charge in [0, 0.05) is 19.0 Å². The van der Waals surface area contributed by atoms with E-state index in [9.17, 15) is 18.0 Å². The van der Waals surface area contributed by atoms with Crippen LogP contribution in [0.5, 0.6) is 0 Å². The van der Waals surface area contributed by atoms with E-state index < -0.39 is 28.5 Å². The number of nitriles is 1. The van der Waals surface area contributed by atoms with Crippen molar-refractivity contribution in [1.82, 2.24) is 10.0 Å². The Bertz CT molecular complexity index is 767. The molecule has 0 bridgehead atoms. The van der Waals surface area contributed by atoms with E-state index in [4.69, 9.17) is 10.00 Å².